The predicted octanol–water partition coefficient (Wildman–Crippen LogP) is 0.0940. The third-order valence-corrected chi connectivity index (χ3v) is 0.409. The van der Waals surface area contributed by atoms with Crippen molar-refractivity contribution in [1.82, 2.24) is 15.4 Å². The average Bonchev–Trinajstić information content (AvgIpc) is 1.90. The molecule has 1 heterocycles. The molecular weight excluding hydrogens is 138 g/mol. The molecule has 0 fully saturated rings. The van der Waals surface area contributed by atoms with Crippen LogP contribution in [0.2, 0.25) is 0 Å². The Labute approximate surface area is 56.1 Å². The fourth-order valence-electron chi connectivity index (χ4n) is 0.205. The summed E-state index contributed by atoms with van der Waals surface area (Å²) in [5.41, 5.74) is 0. The maximum atomic E-state index is 8.56. The van der Waals surface area contributed by atoms with Crippen molar-refractivity contribution >= 4 is 6.16 Å². The predicted molar refractivity (Wildman–Crippen MR) is 30.5 cm³/mol. The first-order chi connectivity index (χ1) is 4.73. The second-order valence-electron chi connectivity index (χ2n) is 1.09. The van der Waals surface area contributed by atoms with E-state index >= 15 is 0 Å². The molecule has 0 aromatic carbocycles. The number of nitrogens with zero attached hydrogens (tertiary/aromatic N) is 3. The average molecular weight is 143 g/mol. The molecule has 1 aromatic rings. The molecule has 54 valence electrons. The Morgan fingerprint density at radius 2 is 1.60 bits per heavy atom. The van der Waals surface area contributed by atoms with Crippen molar-refractivity contribution < 1.29 is 15.0 Å². The van der Waals surface area contributed by atoms with Crippen molar-refractivity contribution in [2.75, 3.05) is 0 Å². The van der Waals surface area contributed by atoms with Gasteiger partial charge < -0.3 is 10.2 Å². The smallest absolute Gasteiger partial charge is 0.450 e. The van der Waals surface area contributed by atoms with Crippen LogP contribution in [0, 0.1) is 0 Å². The highest BCUT2D eigenvalue weighted by Crippen LogP contribution is 1.61. The summed E-state index contributed by atoms with van der Waals surface area (Å²) in [5.74, 6) is 0. The number of hydrogen-bond donors (Lipinski definition) is 2. The first kappa shape index (κ1) is 8.28. The van der Waals surface area contributed by atoms with Gasteiger partial charge in [0.2, 0.25) is 0 Å². The van der Waals surface area contributed by atoms with Crippen molar-refractivity contribution in [1.29, 1.82) is 0 Å². The normalized spacial score (nSPS) is 7.20. The standard InChI is InChI=1S/C3H3N3.CH2O3/c1-2-4-6-5-3-1;2-1(3)4/h1-3H;(H2,2,3,4). The topological polar surface area (TPSA) is 96.2 Å². The van der Waals surface area contributed by atoms with Crippen molar-refractivity contribution in [3.05, 3.63) is 18.5 Å². The highest BCUT2D eigenvalue weighted by Gasteiger charge is 1.70. The molecule has 0 aliphatic heterocycles. The van der Waals surface area contributed by atoms with E-state index in [4.69, 9.17) is 15.0 Å². The van der Waals surface area contributed by atoms with Crippen LogP contribution in [0.4, 0.5) is 4.79 Å². The third kappa shape index (κ3) is 9.56. The van der Waals surface area contributed by atoms with Gasteiger partial charge in [-0.3, -0.25) is 0 Å². The Balaban J connectivity index is 0.000000180. The molecule has 0 amide bonds. The zero-order valence-electron chi connectivity index (χ0n) is 4.88. The number of rotatable bonds is 0. The lowest BCUT2D eigenvalue weighted by Crippen LogP contribution is -1.81. The molecule has 0 bridgehead atoms. The lowest BCUT2D eigenvalue weighted by atomic mass is 10.7. The lowest BCUT2D eigenvalue weighted by molar-refractivity contribution is 0.137. The second kappa shape index (κ2) is 5.42. The van der Waals surface area contributed by atoms with E-state index in [1.54, 1.807) is 18.5 Å². The molecule has 0 aliphatic rings. The lowest BCUT2D eigenvalue weighted by Gasteiger charge is -1.68. The molecule has 0 radical (unpaired) electrons. The van der Waals surface area contributed by atoms with E-state index in [1.165, 1.54) is 0 Å². The van der Waals surface area contributed by atoms with Crippen LogP contribution in [0.5, 0.6) is 0 Å². The van der Waals surface area contributed by atoms with E-state index in [1.807, 2.05) is 0 Å². The van der Waals surface area contributed by atoms with Crippen LogP contribution in [-0.4, -0.2) is 31.8 Å². The summed E-state index contributed by atoms with van der Waals surface area (Å²) in [6, 6.07) is 1.72. The molecule has 1 rings (SSSR count). The summed E-state index contributed by atoms with van der Waals surface area (Å²) < 4.78 is 0. The molecule has 0 unspecified atom stereocenters. The fourth-order valence-corrected chi connectivity index (χ4v) is 0.205. The second-order valence-corrected chi connectivity index (χ2v) is 1.09. The molecule has 2 N–H and O–H groups in total. The Morgan fingerprint density at radius 1 is 1.20 bits per heavy atom. The summed E-state index contributed by atoms with van der Waals surface area (Å²) in [5, 5.41) is 24.1. The van der Waals surface area contributed by atoms with Gasteiger partial charge in [0.15, 0.2) is 0 Å². The summed E-state index contributed by atoms with van der Waals surface area (Å²) >= 11 is 0. The maximum absolute atomic E-state index is 8.56. The van der Waals surface area contributed by atoms with Crippen LogP contribution in [0.25, 0.3) is 0 Å². The van der Waals surface area contributed by atoms with Gasteiger partial charge in [-0.25, -0.2) is 4.79 Å². The highest BCUT2D eigenvalue weighted by molar-refractivity contribution is 5.53. The van der Waals surface area contributed by atoms with Crippen molar-refractivity contribution in [2.45, 2.75) is 0 Å². The fraction of sp³-hybridized carbons (Fsp3) is 0. The van der Waals surface area contributed by atoms with Gasteiger partial charge in [0, 0.05) is 0 Å². The van der Waals surface area contributed by atoms with Crippen LogP contribution in [0.15, 0.2) is 18.5 Å². The molecule has 0 spiro atoms. The quantitative estimate of drug-likeness (QED) is 0.534. The molecule has 6 nitrogen and oxygen atoms in total. The van der Waals surface area contributed by atoms with Crippen molar-refractivity contribution in [2.24, 2.45) is 0 Å². The summed E-state index contributed by atoms with van der Waals surface area (Å²) in [4.78, 5) is 8.56. The molecule has 6 heteroatoms. The molecular formula is C4H5N3O3. The van der Waals surface area contributed by atoms with Crippen LogP contribution < -0.4 is 0 Å². The number of carbonyl (C=O) groups is 1. The monoisotopic (exact) mass is 143 g/mol. The van der Waals surface area contributed by atoms with Gasteiger partial charge in [0.25, 0.3) is 0 Å². The zero-order chi connectivity index (χ0) is 7.82. The van der Waals surface area contributed by atoms with Crippen molar-refractivity contribution in [3.63, 3.8) is 0 Å². The largest absolute Gasteiger partial charge is 0.503 e. The van der Waals surface area contributed by atoms with E-state index < -0.39 is 6.16 Å². The van der Waals surface area contributed by atoms with E-state index in [0.717, 1.165) is 0 Å². The summed E-state index contributed by atoms with van der Waals surface area (Å²) in [6.07, 6.45) is 1.32. The molecule has 10 heavy (non-hydrogen) atoms. The molecule has 0 saturated carbocycles. The number of aromatic nitrogens is 3. The Hall–Kier alpha value is -1.72. The van der Waals surface area contributed by atoms with Gasteiger partial charge in [-0.2, -0.15) is 0 Å². The van der Waals surface area contributed by atoms with Gasteiger partial charge in [-0.15, -0.1) is 10.2 Å². The van der Waals surface area contributed by atoms with E-state index in [9.17, 15) is 0 Å². The Morgan fingerprint density at radius 3 is 1.70 bits per heavy atom. The van der Waals surface area contributed by atoms with Gasteiger partial charge in [0.1, 0.15) is 0 Å². The van der Waals surface area contributed by atoms with Crippen molar-refractivity contribution in [3.8, 4) is 0 Å². The van der Waals surface area contributed by atoms with Crippen LogP contribution in [0.3, 0.4) is 0 Å². The SMILES string of the molecule is O=C(O)O.c1cnnnc1. The molecule has 1 aromatic heterocycles. The summed E-state index contributed by atoms with van der Waals surface area (Å²) in [7, 11) is 0. The van der Waals surface area contributed by atoms with E-state index in [-0.39, 0.29) is 0 Å². The highest BCUT2D eigenvalue weighted by atomic mass is 16.6. The minimum atomic E-state index is -1.83. The van der Waals surface area contributed by atoms with Gasteiger partial charge in [0.05, 0.1) is 12.4 Å². The van der Waals surface area contributed by atoms with Crippen LogP contribution >= 0.6 is 0 Å². The third-order valence-electron chi connectivity index (χ3n) is 0.409. The number of carboxylic acid groups (broad SMARTS) is 2. The molecule has 0 atom stereocenters. The van der Waals surface area contributed by atoms with Gasteiger partial charge >= 0.3 is 6.16 Å². The molecule has 0 aliphatic carbocycles. The minimum Gasteiger partial charge on any atom is -0.450 e. The Kier molecular flexibility index (Phi) is 4.49. The van der Waals surface area contributed by atoms with Crippen LogP contribution in [-0.2, 0) is 0 Å². The Bertz CT molecular complexity index is 148. The number of hydrogen-bond acceptors (Lipinski definition) is 4. The van der Waals surface area contributed by atoms with Gasteiger partial charge in [-0.1, -0.05) is 0 Å². The zero-order valence-corrected chi connectivity index (χ0v) is 4.88. The van der Waals surface area contributed by atoms with E-state index in [2.05, 4.69) is 15.4 Å². The van der Waals surface area contributed by atoms with E-state index in [0.29, 0.717) is 0 Å². The maximum Gasteiger partial charge on any atom is 0.503 e. The van der Waals surface area contributed by atoms with Gasteiger partial charge in [-0.05, 0) is 11.3 Å². The molecule has 0 saturated heterocycles. The first-order valence-corrected chi connectivity index (χ1v) is 2.23. The van der Waals surface area contributed by atoms with Crippen LogP contribution in [0.1, 0.15) is 0 Å². The summed E-state index contributed by atoms with van der Waals surface area (Å²) in [6.45, 7) is 0. The first-order valence-electron chi connectivity index (χ1n) is 2.23. The minimum absolute atomic E-state index is 1.58.